The Kier molecular flexibility index (Phi) is 2.33. The molecule has 1 N–H and O–H groups in total. The number of aromatic carboxylic acids is 1. The first kappa shape index (κ1) is 9.68. The molecule has 14 heavy (non-hydrogen) atoms. The number of carboxylic acid groups (broad SMARTS) is 1. The molecule has 0 aliphatic carbocycles. The summed E-state index contributed by atoms with van der Waals surface area (Å²) in [6, 6.07) is 5.81. The van der Waals surface area contributed by atoms with E-state index in [4.69, 9.17) is 5.11 Å². The fourth-order valence-electron chi connectivity index (χ4n) is 1.40. The molecule has 72 valence electrons. The van der Waals surface area contributed by atoms with Crippen LogP contribution >= 0.6 is 27.3 Å². The molecule has 0 amide bonds. The molecule has 2 nitrogen and oxygen atoms in total. The maximum absolute atomic E-state index is 10.9. The van der Waals surface area contributed by atoms with Crippen LogP contribution in [0.2, 0.25) is 0 Å². The topological polar surface area (TPSA) is 37.3 Å². The first-order valence-corrected chi connectivity index (χ1v) is 5.62. The van der Waals surface area contributed by atoms with Crippen LogP contribution in [0.1, 0.15) is 15.2 Å². The van der Waals surface area contributed by atoms with E-state index >= 15 is 0 Å². The molecule has 2 aromatic rings. The Morgan fingerprint density at radius 2 is 2.21 bits per heavy atom. The van der Waals surface area contributed by atoms with Gasteiger partial charge in [0.1, 0.15) is 4.88 Å². The molecule has 0 saturated heterocycles. The van der Waals surface area contributed by atoms with Gasteiger partial charge in [-0.25, -0.2) is 4.79 Å². The lowest BCUT2D eigenvalue weighted by Gasteiger charge is -1.92. The highest BCUT2D eigenvalue weighted by molar-refractivity contribution is 9.10. The Morgan fingerprint density at radius 3 is 2.86 bits per heavy atom. The first-order chi connectivity index (χ1) is 6.59. The van der Waals surface area contributed by atoms with Crippen LogP contribution < -0.4 is 0 Å². The van der Waals surface area contributed by atoms with Crippen LogP contribution in [0.15, 0.2) is 22.7 Å². The summed E-state index contributed by atoms with van der Waals surface area (Å²) in [7, 11) is 0. The molecule has 1 heterocycles. The zero-order valence-corrected chi connectivity index (χ0v) is 9.78. The normalized spacial score (nSPS) is 10.7. The second-order valence-corrected chi connectivity index (χ2v) is 4.97. The number of benzene rings is 1. The van der Waals surface area contributed by atoms with Gasteiger partial charge in [0, 0.05) is 9.17 Å². The van der Waals surface area contributed by atoms with Crippen molar-refractivity contribution in [2.24, 2.45) is 0 Å². The van der Waals surface area contributed by atoms with Crippen LogP contribution in [-0.4, -0.2) is 11.1 Å². The van der Waals surface area contributed by atoms with Crippen molar-refractivity contribution in [2.45, 2.75) is 6.92 Å². The zero-order valence-electron chi connectivity index (χ0n) is 7.37. The van der Waals surface area contributed by atoms with E-state index in [0.717, 1.165) is 20.1 Å². The summed E-state index contributed by atoms with van der Waals surface area (Å²) in [5.74, 6) is -0.847. The lowest BCUT2D eigenvalue weighted by Crippen LogP contribution is -1.93. The van der Waals surface area contributed by atoms with Gasteiger partial charge < -0.3 is 5.11 Å². The number of fused-ring (bicyclic) bond motifs is 1. The van der Waals surface area contributed by atoms with E-state index < -0.39 is 5.97 Å². The monoisotopic (exact) mass is 270 g/mol. The lowest BCUT2D eigenvalue weighted by molar-refractivity contribution is 0.0701. The van der Waals surface area contributed by atoms with E-state index in [1.807, 2.05) is 25.1 Å². The van der Waals surface area contributed by atoms with Gasteiger partial charge in [0.25, 0.3) is 0 Å². The number of halogens is 1. The second kappa shape index (κ2) is 3.37. The summed E-state index contributed by atoms with van der Waals surface area (Å²) in [5.41, 5.74) is 0.852. The Balaban J connectivity index is 2.79. The molecular weight excluding hydrogens is 264 g/mol. The molecule has 1 aromatic carbocycles. The van der Waals surface area contributed by atoms with Gasteiger partial charge in [-0.05, 0) is 30.0 Å². The van der Waals surface area contributed by atoms with Crippen molar-refractivity contribution in [1.29, 1.82) is 0 Å². The fourth-order valence-corrected chi connectivity index (χ4v) is 3.00. The molecule has 4 heteroatoms. The van der Waals surface area contributed by atoms with Crippen LogP contribution in [0.5, 0.6) is 0 Å². The molecule has 0 radical (unpaired) electrons. The quantitative estimate of drug-likeness (QED) is 0.859. The van der Waals surface area contributed by atoms with Crippen LogP contribution in [0.4, 0.5) is 0 Å². The van der Waals surface area contributed by atoms with E-state index in [-0.39, 0.29) is 0 Å². The minimum absolute atomic E-state index is 0.429. The molecule has 0 aliphatic rings. The SMILES string of the molecule is Cc1c(C(=O)O)sc2cc(Br)ccc12. The number of hydrogen-bond donors (Lipinski definition) is 1. The average molecular weight is 271 g/mol. The number of aryl methyl sites for hydroxylation is 1. The van der Waals surface area contributed by atoms with E-state index in [1.165, 1.54) is 11.3 Å². The van der Waals surface area contributed by atoms with E-state index in [9.17, 15) is 4.79 Å². The van der Waals surface area contributed by atoms with Crippen molar-refractivity contribution < 1.29 is 9.90 Å². The summed E-state index contributed by atoms with van der Waals surface area (Å²) in [5, 5.41) is 9.96. The Hall–Kier alpha value is -0.870. The molecule has 1 aromatic heterocycles. The summed E-state index contributed by atoms with van der Waals surface area (Å²) in [4.78, 5) is 11.3. The van der Waals surface area contributed by atoms with Crippen molar-refractivity contribution in [3.63, 3.8) is 0 Å². The molecule has 0 aliphatic heterocycles. The summed E-state index contributed by atoms with van der Waals surface area (Å²) in [6.07, 6.45) is 0. The Bertz CT molecular complexity index is 516. The van der Waals surface area contributed by atoms with Gasteiger partial charge in [0.2, 0.25) is 0 Å². The van der Waals surface area contributed by atoms with Gasteiger partial charge in [-0.3, -0.25) is 0 Å². The van der Waals surface area contributed by atoms with Crippen molar-refractivity contribution in [3.05, 3.63) is 33.1 Å². The third-order valence-electron chi connectivity index (χ3n) is 2.09. The molecular formula is C10H7BrO2S. The highest BCUT2D eigenvalue weighted by Gasteiger charge is 2.13. The number of hydrogen-bond acceptors (Lipinski definition) is 2. The molecule has 0 spiro atoms. The Morgan fingerprint density at radius 1 is 1.50 bits per heavy atom. The standard InChI is InChI=1S/C10H7BrO2S/c1-5-7-3-2-6(11)4-8(7)14-9(5)10(12)13/h2-4H,1H3,(H,12,13). The molecule has 0 atom stereocenters. The van der Waals surface area contributed by atoms with Gasteiger partial charge in [-0.15, -0.1) is 11.3 Å². The summed E-state index contributed by atoms with van der Waals surface area (Å²) >= 11 is 4.68. The zero-order chi connectivity index (χ0) is 10.3. The van der Waals surface area contributed by atoms with Gasteiger partial charge >= 0.3 is 5.97 Å². The highest BCUT2D eigenvalue weighted by atomic mass is 79.9. The summed E-state index contributed by atoms with van der Waals surface area (Å²) in [6.45, 7) is 1.84. The van der Waals surface area contributed by atoms with Crippen molar-refractivity contribution in [3.8, 4) is 0 Å². The number of thiophene rings is 1. The van der Waals surface area contributed by atoms with Gasteiger partial charge in [-0.2, -0.15) is 0 Å². The van der Waals surface area contributed by atoms with Gasteiger partial charge in [-0.1, -0.05) is 22.0 Å². The van der Waals surface area contributed by atoms with Crippen LogP contribution in [0.3, 0.4) is 0 Å². The van der Waals surface area contributed by atoms with Crippen LogP contribution in [0, 0.1) is 6.92 Å². The fraction of sp³-hybridized carbons (Fsp3) is 0.100. The minimum Gasteiger partial charge on any atom is -0.477 e. The summed E-state index contributed by atoms with van der Waals surface area (Å²) < 4.78 is 1.98. The minimum atomic E-state index is -0.847. The molecule has 0 fully saturated rings. The number of carbonyl (C=O) groups is 1. The third kappa shape index (κ3) is 1.44. The molecule has 2 rings (SSSR count). The largest absolute Gasteiger partial charge is 0.477 e. The number of carboxylic acids is 1. The maximum atomic E-state index is 10.9. The smallest absolute Gasteiger partial charge is 0.346 e. The van der Waals surface area contributed by atoms with Crippen molar-refractivity contribution in [1.82, 2.24) is 0 Å². The van der Waals surface area contributed by atoms with Crippen molar-refractivity contribution in [2.75, 3.05) is 0 Å². The van der Waals surface area contributed by atoms with Gasteiger partial charge in [0.05, 0.1) is 0 Å². The van der Waals surface area contributed by atoms with E-state index in [2.05, 4.69) is 15.9 Å². The molecule has 0 saturated carbocycles. The van der Waals surface area contributed by atoms with E-state index in [1.54, 1.807) is 0 Å². The first-order valence-electron chi connectivity index (χ1n) is 4.01. The Labute approximate surface area is 93.3 Å². The van der Waals surface area contributed by atoms with Crippen LogP contribution in [-0.2, 0) is 0 Å². The lowest BCUT2D eigenvalue weighted by atomic mass is 10.1. The predicted molar refractivity (Wildman–Crippen MR) is 61.2 cm³/mol. The van der Waals surface area contributed by atoms with Gasteiger partial charge in [0.15, 0.2) is 0 Å². The number of rotatable bonds is 1. The van der Waals surface area contributed by atoms with Crippen LogP contribution in [0.25, 0.3) is 10.1 Å². The second-order valence-electron chi connectivity index (χ2n) is 3.00. The predicted octanol–water partition coefficient (Wildman–Crippen LogP) is 3.67. The highest BCUT2D eigenvalue weighted by Crippen LogP contribution is 2.32. The molecule has 0 unspecified atom stereocenters. The van der Waals surface area contributed by atoms with Crippen molar-refractivity contribution >= 4 is 43.3 Å². The average Bonchev–Trinajstić information content (AvgIpc) is 2.43. The maximum Gasteiger partial charge on any atom is 0.346 e. The molecule has 0 bridgehead atoms. The van der Waals surface area contributed by atoms with E-state index in [0.29, 0.717) is 4.88 Å². The third-order valence-corrected chi connectivity index (χ3v) is 3.83.